The van der Waals surface area contributed by atoms with Crippen molar-refractivity contribution in [2.45, 2.75) is 77.9 Å². The fourth-order valence-electron chi connectivity index (χ4n) is 6.10. The lowest BCUT2D eigenvalue weighted by atomic mass is 9.77. The number of carbonyl (C=O) groups excluding carboxylic acids is 3. The average molecular weight is 693 g/mol. The van der Waals surface area contributed by atoms with Gasteiger partial charge in [0.2, 0.25) is 5.91 Å². The van der Waals surface area contributed by atoms with E-state index in [-0.39, 0.29) is 31.8 Å². The van der Waals surface area contributed by atoms with Crippen LogP contribution in [0.25, 0.3) is 10.9 Å². The molecule has 5 N–H and O–H groups in total. The molecule has 0 spiro atoms. The number of nitrogens with two attached hydrogens (primary N) is 1. The highest BCUT2D eigenvalue weighted by Gasteiger charge is 2.49. The number of halogens is 3. The maximum atomic E-state index is 14.5. The number of imide groups is 1. The fourth-order valence-corrected chi connectivity index (χ4v) is 6.76. The highest BCUT2D eigenvalue weighted by atomic mass is 35.5. The molecule has 46 heavy (non-hydrogen) atoms. The number of carbonyl (C=O) groups is 4. The predicted molar refractivity (Wildman–Crippen MR) is 180 cm³/mol. The number of benzene rings is 2. The largest absolute Gasteiger partial charge is 0.465 e. The topological polar surface area (TPSA) is 149 Å². The van der Waals surface area contributed by atoms with Gasteiger partial charge in [0.1, 0.15) is 11.6 Å². The van der Waals surface area contributed by atoms with Crippen molar-refractivity contribution in [3.05, 3.63) is 68.3 Å². The Balaban J connectivity index is 1.81. The summed E-state index contributed by atoms with van der Waals surface area (Å²) in [7, 11) is 0. The first kappa shape index (κ1) is 35.4. The van der Waals surface area contributed by atoms with E-state index < -0.39 is 41.4 Å². The number of hydrogen-bond acceptors (Lipinski definition) is 4. The van der Waals surface area contributed by atoms with Gasteiger partial charge >= 0.3 is 12.1 Å². The molecule has 3 aromatic rings. The molecule has 0 radical (unpaired) electrons. The normalized spacial score (nSPS) is 17.9. The van der Waals surface area contributed by atoms with Gasteiger partial charge in [-0.05, 0) is 60.1 Å². The van der Waals surface area contributed by atoms with Crippen molar-refractivity contribution in [1.82, 2.24) is 20.1 Å². The van der Waals surface area contributed by atoms with Gasteiger partial charge in [-0.15, -0.1) is 0 Å². The number of carboxylic acid groups (broad SMARTS) is 1. The van der Waals surface area contributed by atoms with E-state index in [1.807, 2.05) is 20.8 Å². The molecule has 0 aliphatic heterocycles. The number of fused-ring (bicyclic) bond motifs is 3. The van der Waals surface area contributed by atoms with E-state index in [1.165, 1.54) is 0 Å². The van der Waals surface area contributed by atoms with Crippen LogP contribution >= 0.6 is 34.8 Å². The second-order valence-electron chi connectivity index (χ2n) is 12.3. The van der Waals surface area contributed by atoms with Gasteiger partial charge < -0.3 is 21.1 Å². The summed E-state index contributed by atoms with van der Waals surface area (Å²) in [5.41, 5.74) is 7.00. The third-order valence-corrected chi connectivity index (χ3v) is 9.84. The van der Waals surface area contributed by atoms with Gasteiger partial charge in [0.25, 0.3) is 5.91 Å². The molecular formula is C33H40Cl3N5O5. The van der Waals surface area contributed by atoms with Crippen LogP contribution in [0.2, 0.25) is 15.1 Å². The number of aryl methyl sites for hydroxylation is 1. The minimum absolute atomic E-state index is 0.00530. The molecule has 248 valence electrons. The Morgan fingerprint density at radius 2 is 1.72 bits per heavy atom. The van der Waals surface area contributed by atoms with Crippen LogP contribution in [0.1, 0.15) is 63.8 Å². The van der Waals surface area contributed by atoms with Crippen molar-refractivity contribution < 1.29 is 24.3 Å². The number of H-pyrrole nitrogens is 1. The lowest BCUT2D eigenvalue weighted by Crippen LogP contribution is -2.67. The highest BCUT2D eigenvalue weighted by molar-refractivity contribution is 6.38. The van der Waals surface area contributed by atoms with Crippen LogP contribution in [0.5, 0.6) is 0 Å². The molecular weight excluding hydrogens is 653 g/mol. The first-order valence-electron chi connectivity index (χ1n) is 15.4. The van der Waals surface area contributed by atoms with E-state index in [4.69, 9.17) is 40.5 Å². The van der Waals surface area contributed by atoms with Crippen LogP contribution < -0.4 is 11.1 Å². The Kier molecular flexibility index (Phi) is 11.2. The molecule has 0 bridgehead atoms. The number of hydrogen-bond donors (Lipinski definition) is 4. The summed E-state index contributed by atoms with van der Waals surface area (Å²) in [6.45, 7) is 7.47. The first-order valence-corrected chi connectivity index (χ1v) is 16.5. The van der Waals surface area contributed by atoms with Crippen LogP contribution in [-0.2, 0) is 29.0 Å². The molecule has 0 saturated carbocycles. The summed E-state index contributed by atoms with van der Waals surface area (Å²) in [6, 6.07) is 7.97. The smallest absolute Gasteiger partial charge is 0.408 e. The van der Waals surface area contributed by atoms with E-state index in [1.54, 1.807) is 43.3 Å². The maximum Gasteiger partial charge on any atom is 0.408 e. The van der Waals surface area contributed by atoms with Gasteiger partial charge in [-0.3, -0.25) is 19.4 Å². The lowest BCUT2D eigenvalue weighted by Gasteiger charge is -2.42. The van der Waals surface area contributed by atoms with E-state index >= 15 is 0 Å². The quantitative estimate of drug-likeness (QED) is 0.170. The zero-order chi connectivity index (χ0) is 33.9. The molecule has 0 fully saturated rings. The van der Waals surface area contributed by atoms with Gasteiger partial charge in [0.05, 0.1) is 10.5 Å². The zero-order valence-corrected chi connectivity index (χ0v) is 28.6. The number of aromatic nitrogens is 1. The Morgan fingerprint density at radius 3 is 2.30 bits per heavy atom. The number of rotatable bonds is 11. The van der Waals surface area contributed by atoms with Crippen LogP contribution in [0.15, 0.2) is 36.4 Å². The number of primary amides is 1. The fraction of sp³-hybridized carbons (Fsp3) is 0.455. The summed E-state index contributed by atoms with van der Waals surface area (Å²) in [5, 5.41) is 15.3. The zero-order valence-electron chi connectivity index (χ0n) is 26.3. The minimum Gasteiger partial charge on any atom is -0.465 e. The molecule has 1 aromatic heterocycles. The number of nitrogens with one attached hydrogen (secondary N) is 2. The molecule has 2 aromatic carbocycles. The van der Waals surface area contributed by atoms with Gasteiger partial charge in [0.15, 0.2) is 0 Å². The van der Waals surface area contributed by atoms with Crippen molar-refractivity contribution in [1.29, 1.82) is 0 Å². The number of amides is 5. The third kappa shape index (κ3) is 7.40. The van der Waals surface area contributed by atoms with E-state index in [0.29, 0.717) is 50.8 Å². The van der Waals surface area contributed by atoms with Crippen molar-refractivity contribution in [3.63, 3.8) is 0 Å². The van der Waals surface area contributed by atoms with E-state index in [2.05, 4.69) is 10.3 Å². The Bertz CT molecular complexity index is 1630. The molecule has 0 saturated heterocycles. The van der Waals surface area contributed by atoms with Gasteiger partial charge in [0, 0.05) is 40.6 Å². The van der Waals surface area contributed by atoms with Gasteiger partial charge in [-0.2, -0.15) is 0 Å². The average Bonchev–Trinajstić information content (AvgIpc) is 3.37. The standard InChI is InChI=1S/C33H40Cl3N5O5/c1-5-18(3)16-41(31(37)44)30(43)33(12-11-26-24(15-33)23-13-22(35)14-25(36)27(23)38-26)39-29(42)28(19(4)6-2)40(32(45)46)17-20-7-9-21(34)10-8-20/h7-10,13-14,18-19,28,38H,5-6,11-12,15-17H2,1-4H3,(H2,37,44)(H,39,42)(H,45,46)/t18?,19?,28-,33?/m0/s1. The van der Waals surface area contributed by atoms with Gasteiger partial charge in [-0.25, -0.2) is 9.59 Å². The molecule has 13 heteroatoms. The first-order chi connectivity index (χ1) is 21.7. The predicted octanol–water partition coefficient (Wildman–Crippen LogP) is 7.02. The van der Waals surface area contributed by atoms with E-state index in [9.17, 15) is 24.3 Å². The van der Waals surface area contributed by atoms with Crippen LogP contribution in [0.3, 0.4) is 0 Å². The Morgan fingerprint density at radius 1 is 1.04 bits per heavy atom. The maximum absolute atomic E-state index is 14.5. The van der Waals surface area contributed by atoms with Crippen LogP contribution in [0.4, 0.5) is 9.59 Å². The number of nitrogens with zero attached hydrogens (tertiary/aromatic N) is 2. The highest BCUT2D eigenvalue weighted by Crippen LogP contribution is 2.39. The second-order valence-corrected chi connectivity index (χ2v) is 13.6. The monoisotopic (exact) mass is 691 g/mol. The van der Waals surface area contributed by atoms with Gasteiger partial charge in [-0.1, -0.05) is 87.5 Å². The van der Waals surface area contributed by atoms with Crippen molar-refractivity contribution in [3.8, 4) is 0 Å². The lowest BCUT2D eigenvalue weighted by molar-refractivity contribution is -0.142. The Labute approximate surface area is 283 Å². The summed E-state index contributed by atoms with van der Waals surface area (Å²) in [4.78, 5) is 59.8. The van der Waals surface area contributed by atoms with Crippen molar-refractivity contribution in [2.24, 2.45) is 17.6 Å². The molecule has 4 atom stereocenters. The molecule has 1 aliphatic rings. The number of urea groups is 1. The molecule has 1 heterocycles. The number of aromatic amines is 1. The summed E-state index contributed by atoms with van der Waals surface area (Å²) >= 11 is 18.9. The second kappa shape index (κ2) is 14.5. The summed E-state index contributed by atoms with van der Waals surface area (Å²) < 4.78 is 0. The van der Waals surface area contributed by atoms with Crippen LogP contribution in [-0.4, -0.2) is 62.0 Å². The third-order valence-electron chi connectivity index (χ3n) is 9.07. The van der Waals surface area contributed by atoms with Crippen molar-refractivity contribution >= 4 is 69.6 Å². The SMILES string of the molecule is CCC(C)CN(C(N)=O)C(=O)C1(NC(=O)[C@H](C(C)CC)N(Cc2ccc(Cl)cc2)C(=O)O)CCc2[nH]c3c(Cl)cc(Cl)cc3c2C1. The minimum atomic E-state index is -1.62. The molecule has 1 aliphatic carbocycles. The molecule has 5 amide bonds. The summed E-state index contributed by atoms with van der Waals surface area (Å²) in [5.74, 6) is -1.77. The molecule has 4 rings (SSSR count). The van der Waals surface area contributed by atoms with Crippen molar-refractivity contribution in [2.75, 3.05) is 6.54 Å². The summed E-state index contributed by atoms with van der Waals surface area (Å²) in [6.07, 6.45) is 0.346. The van der Waals surface area contributed by atoms with Crippen LogP contribution in [0, 0.1) is 11.8 Å². The van der Waals surface area contributed by atoms with E-state index in [0.717, 1.165) is 21.1 Å². The molecule has 3 unspecified atom stereocenters. The Hall–Kier alpha value is -3.47. The molecule has 10 nitrogen and oxygen atoms in total.